The molecule has 1 aliphatic rings. The fraction of sp³-hybridized carbons (Fsp3) is 0.625. The zero-order valence-electron chi connectivity index (χ0n) is 12.1. The second-order valence-electron chi connectivity index (χ2n) is 5.77. The van der Waals surface area contributed by atoms with Crippen LogP contribution in [0.4, 0.5) is 0 Å². The van der Waals surface area contributed by atoms with E-state index < -0.39 is 0 Å². The molecule has 106 valence electrons. The molecule has 0 radical (unpaired) electrons. The summed E-state index contributed by atoms with van der Waals surface area (Å²) in [7, 11) is 0. The quantitative estimate of drug-likeness (QED) is 0.876. The fourth-order valence-corrected chi connectivity index (χ4v) is 2.75. The third-order valence-electron chi connectivity index (χ3n) is 4.07. The Kier molecular flexibility index (Phi) is 5.23. The second kappa shape index (κ2) is 6.92. The number of nitrogens with one attached hydrogen (secondary N) is 1. The van der Waals surface area contributed by atoms with Crippen molar-refractivity contribution in [3.8, 4) is 5.75 Å². The molecule has 0 amide bonds. The average molecular weight is 262 g/mol. The first kappa shape index (κ1) is 14.4. The smallest absolute Gasteiger partial charge is 0.120 e. The zero-order valence-corrected chi connectivity index (χ0v) is 12.1. The van der Waals surface area contributed by atoms with E-state index in [0.29, 0.717) is 17.8 Å². The number of likely N-dealkylation sites (tertiary alicyclic amines) is 1. The van der Waals surface area contributed by atoms with Gasteiger partial charge in [-0.05, 0) is 52.3 Å². The van der Waals surface area contributed by atoms with E-state index in [0.717, 1.165) is 12.1 Å². The van der Waals surface area contributed by atoms with Crippen molar-refractivity contribution in [2.45, 2.75) is 51.7 Å². The van der Waals surface area contributed by atoms with Gasteiger partial charge in [-0.15, -0.1) is 0 Å². The summed E-state index contributed by atoms with van der Waals surface area (Å²) in [5, 5.41) is 13.4. The Balaban J connectivity index is 1.82. The molecule has 1 saturated heterocycles. The predicted octanol–water partition coefficient (Wildman–Crippen LogP) is 2.74. The summed E-state index contributed by atoms with van der Waals surface area (Å²) >= 11 is 0. The molecule has 1 heterocycles. The van der Waals surface area contributed by atoms with Crippen molar-refractivity contribution in [2.75, 3.05) is 13.1 Å². The first-order valence-corrected chi connectivity index (χ1v) is 7.41. The molecule has 1 atom stereocenters. The van der Waals surface area contributed by atoms with E-state index in [1.165, 1.54) is 32.4 Å². The number of hydrogen-bond donors (Lipinski definition) is 2. The Morgan fingerprint density at radius 3 is 2.79 bits per heavy atom. The SMILES string of the molecule is CC(C)N1CCCC(NCc2ccccc2O)CC1. The molecule has 3 nitrogen and oxygen atoms in total. The summed E-state index contributed by atoms with van der Waals surface area (Å²) < 4.78 is 0. The average Bonchev–Trinajstić information content (AvgIpc) is 2.63. The van der Waals surface area contributed by atoms with Gasteiger partial charge in [0, 0.05) is 24.2 Å². The van der Waals surface area contributed by atoms with Crippen molar-refractivity contribution >= 4 is 0 Å². The van der Waals surface area contributed by atoms with Gasteiger partial charge in [0.15, 0.2) is 0 Å². The number of phenolic OH excluding ortho intramolecular Hbond substituents is 1. The van der Waals surface area contributed by atoms with E-state index in [2.05, 4.69) is 24.1 Å². The Bertz CT molecular complexity index is 392. The van der Waals surface area contributed by atoms with E-state index in [1.807, 2.05) is 18.2 Å². The van der Waals surface area contributed by atoms with Crippen LogP contribution in [0.15, 0.2) is 24.3 Å². The number of phenols is 1. The van der Waals surface area contributed by atoms with Gasteiger partial charge in [-0.2, -0.15) is 0 Å². The van der Waals surface area contributed by atoms with Gasteiger partial charge >= 0.3 is 0 Å². The Hall–Kier alpha value is -1.06. The van der Waals surface area contributed by atoms with Crippen molar-refractivity contribution in [2.24, 2.45) is 0 Å². The molecule has 2 rings (SSSR count). The monoisotopic (exact) mass is 262 g/mol. The van der Waals surface area contributed by atoms with Gasteiger partial charge in [-0.25, -0.2) is 0 Å². The van der Waals surface area contributed by atoms with Crippen LogP contribution in [-0.2, 0) is 6.54 Å². The molecule has 0 spiro atoms. The largest absolute Gasteiger partial charge is 0.508 e. The minimum atomic E-state index is 0.396. The van der Waals surface area contributed by atoms with Gasteiger partial charge in [-0.3, -0.25) is 0 Å². The summed E-state index contributed by atoms with van der Waals surface area (Å²) in [6, 6.07) is 8.81. The summed E-state index contributed by atoms with van der Waals surface area (Å²) in [6.07, 6.45) is 3.69. The van der Waals surface area contributed by atoms with Gasteiger partial charge in [0.25, 0.3) is 0 Å². The lowest BCUT2D eigenvalue weighted by Crippen LogP contribution is -2.33. The van der Waals surface area contributed by atoms with E-state index in [1.54, 1.807) is 6.07 Å². The number of para-hydroxylation sites is 1. The van der Waals surface area contributed by atoms with Crippen LogP contribution in [0.2, 0.25) is 0 Å². The first-order chi connectivity index (χ1) is 9.16. The van der Waals surface area contributed by atoms with E-state index >= 15 is 0 Å². The maximum atomic E-state index is 9.76. The molecule has 1 unspecified atom stereocenters. The molecule has 1 fully saturated rings. The van der Waals surface area contributed by atoms with Gasteiger partial charge in [0.05, 0.1) is 0 Å². The molecule has 0 saturated carbocycles. The molecule has 2 N–H and O–H groups in total. The minimum Gasteiger partial charge on any atom is -0.508 e. The highest BCUT2D eigenvalue weighted by atomic mass is 16.3. The number of aromatic hydroxyl groups is 1. The highest BCUT2D eigenvalue weighted by molar-refractivity contribution is 5.31. The lowest BCUT2D eigenvalue weighted by Gasteiger charge is -2.24. The molecular weight excluding hydrogens is 236 g/mol. The molecule has 1 aromatic rings. The summed E-state index contributed by atoms with van der Waals surface area (Å²) in [6.45, 7) is 7.70. The number of rotatable bonds is 4. The Morgan fingerprint density at radius 1 is 1.26 bits per heavy atom. The lowest BCUT2D eigenvalue weighted by molar-refractivity contribution is 0.229. The first-order valence-electron chi connectivity index (χ1n) is 7.41. The topological polar surface area (TPSA) is 35.5 Å². The van der Waals surface area contributed by atoms with Gasteiger partial charge in [0.2, 0.25) is 0 Å². The molecule has 1 aliphatic heterocycles. The van der Waals surface area contributed by atoms with Crippen LogP contribution in [0, 0.1) is 0 Å². The van der Waals surface area contributed by atoms with E-state index in [-0.39, 0.29) is 0 Å². The maximum absolute atomic E-state index is 9.76. The third kappa shape index (κ3) is 4.22. The van der Waals surface area contributed by atoms with Crippen molar-refractivity contribution < 1.29 is 5.11 Å². The molecule has 1 aromatic carbocycles. The maximum Gasteiger partial charge on any atom is 0.120 e. The highest BCUT2D eigenvalue weighted by Crippen LogP contribution is 2.17. The van der Waals surface area contributed by atoms with Crippen molar-refractivity contribution in [1.82, 2.24) is 10.2 Å². The molecule has 0 bridgehead atoms. The lowest BCUT2D eigenvalue weighted by atomic mass is 10.1. The molecule has 19 heavy (non-hydrogen) atoms. The van der Waals surface area contributed by atoms with Crippen LogP contribution >= 0.6 is 0 Å². The number of hydrogen-bond acceptors (Lipinski definition) is 3. The van der Waals surface area contributed by atoms with E-state index in [4.69, 9.17) is 0 Å². The predicted molar refractivity (Wildman–Crippen MR) is 79.3 cm³/mol. The summed E-state index contributed by atoms with van der Waals surface area (Å²) in [4.78, 5) is 2.56. The van der Waals surface area contributed by atoms with Crippen molar-refractivity contribution in [1.29, 1.82) is 0 Å². The molecule has 3 heteroatoms. The van der Waals surface area contributed by atoms with Crippen LogP contribution in [-0.4, -0.2) is 35.2 Å². The van der Waals surface area contributed by atoms with Crippen LogP contribution in [0.1, 0.15) is 38.7 Å². The highest BCUT2D eigenvalue weighted by Gasteiger charge is 2.18. The van der Waals surface area contributed by atoms with Crippen molar-refractivity contribution in [3.63, 3.8) is 0 Å². The van der Waals surface area contributed by atoms with Gasteiger partial charge < -0.3 is 15.3 Å². The normalized spacial score (nSPS) is 21.5. The number of benzene rings is 1. The molecule has 0 aromatic heterocycles. The van der Waals surface area contributed by atoms with Gasteiger partial charge in [-0.1, -0.05) is 18.2 Å². The summed E-state index contributed by atoms with van der Waals surface area (Å²) in [5.41, 5.74) is 0.993. The van der Waals surface area contributed by atoms with Crippen LogP contribution < -0.4 is 5.32 Å². The van der Waals surface area contributed by atoms with Crippen LogP contribution in [0.3, 0.4) is 0 Å². The second-order valence-corrected chi connectivity index (χ2v) is 5.77. The van der Waals surface area contributed by atoms with Crippen molar-refractivity contribution in [3.05, 3.63) is 29.8 Å². The van der Waals surface area contributed by atoms with Crippen LogP contribution in [0.25, 0.3) is 0 Å². The summed E-state index contributed by atoms with van der Waals surface area (Å²) in [5.74, 6) is 0.396. The Morgan fingerprint density at radius 2 is 2.05 bits per heavy atom. The van der Waals surface area contributed by atoms with Crippen LogP contribution in [0.5, 0.6) is 5.75 Å². The fourth-order valence-electron chi connectivity index (χ4n) is 2.75. The number of nitrogens with zero attached hydrogens (tertiary/aromatic N) is 1. The van der Waals surface area contributed by atoms with E-state index in [9.17, 15) is 5.11 Å². The standard InChI is InChI=1S/C16H26N2O/c1-13(2)18-10-5-7-15(9-11-18)17-12-14-6-3-4-8-16(14)19/h3-4,6,8,13,15,17,19H,5,7,9-12H2,1-2H3. The van der Waals surface area contributed by atoms with Gasteiger partial charge in [0.1, 0.15) is 5.75 Å². The Labute approximate surface area is 116 Å². The molecular formula is C16H26N2O. The minimum absolute atomic E-state index is 0.396. The zero-order chi connectivity index (χ0) is 13.7. The third-order valence-corrected chi connectivity index (χ3v) is 4.07. The molecule has 0 aliphatic carbocycles.